The Morgan fingerprint density at radius 3 is 2.65 bits per heavy atom. The molecule has 122 valence electrons. The number of hydrogen-bond acceptors (Lipinski definition) is 6. The molecule has 0 bridgehead atoms. The molecular weight excluding hydrogens is 368 g/mol. The van der Waals surface area contributed by atoms with Gasteiger partial charge >= 0.3 is 11.9 Å². The molecule has 0 unspecified atom stereocenters. The maximum Gasteiger partial charge on any atom is 0.367 e. The molecular formula is C14H10Cl2FNO4S. The van der Waals surface area contributed by atoms with E-state index in [-0.39, 0.29) is 33.8 Å². The topological polar surface area (TPSA) is 65.5 Å². The van der Waals surface area contributed by atoms with E-state index in [0.717, 1.165) is 23.5 Å². The maximum atomic E-state index is 13.4. The van der Waals surface area contributed by atoms with Gasteiger partial charge in [-0.1, -0.05) is 23.2 Å². The van der Waals surface area contributed by atoms with E-state index in [1.807, 2.05) is 0 Å². The van der Waals surface area contributed by atoms with Crippen LogP contribution in [0.25, 0.3) is 0 Å². The fourth-order valence-corrected chi connectivity index (χ4v) is 2.71. The van der Waals surface area contributed by atoms with Crippen molar-refractivity contribution in [1.29, 1.82) is 0 Å². The summed E-state index contributed by atoms with van der Waals surface area (Å²) in [5, 5.41) is 1.51. The summed E-state index contributed by atoms with van der Waals surface area (Å²) in [6.07, 6.45) is 0. The number of hydrogen-bond donors (Lipinski definition) is 0. The summed E-state index contributed by atoms with van der Waals surface area (Å²) < 4.78 is 23.2. The summed E-state index contributed by atoms with van der Waals surface area (Å²) in [5.41, 5.74) is 0.228. The van der Waals surface area contributed by atoms with Gasteiger partial charge in [0.1, 0.15) is 12.4 Å². The van der Waals surface area contributed by atoms with Crippen molar-refractivity contribution in [2.75, 3.05) is 6.61 Å². The highest BCUT2D eigenvalue weighted by Crippen LogP contribution is 2.25. The fraction of sp³-hybridized carbons (Fsp3) is 0.214. The Morgan fingerprint density at radius 2 is 1.96 bits per heavy atom. The first-order chi connectivity index (χ1) is 10.9. The Balaban J connectivity index is 2.02. The van der Waals surface area contributed by atoms with Crippen molar-refractivity contribution in [2.45, 2.75) is 13.5 Å². The highest BCUT2D eigenvalue weighted by atomic mass is 35.5. The number of rotatable bonds is 5. The van der Waals surface area contributed by atoms with Crippen LogP contribution in [-0.2, 0) is 16.1 Å². The van der Waals surface area contributed by atoms with Gasteiger partial charge in [-0.05, 0) is 19.1 Å². The molecule has 0 radical (unpaired) electrons. The van der Waals surface area contributed by atoms with Crippen molar-refractivity contribution < 1.29 is 23.5 Å². The summed E-state index contributed by atoms with van der Waals surface area (Å²) in [7, 11) is 0. The molecule has 0 aliphatic heterocycles. The van der Waals surface area contributed by atoms with E-state index < -0.39 is 17.8 Å². The number of esters is 2. The zero-order valence-corrected chi connectivity index (χ0v) is 14.1. The standard InChI is InChI=1S/C14H10Cl2FNO4S/c1-2-21-14(20)12-18-7(6-23-12)5-22-13(19)8-3-11(17)10(16)4-9(8)15/h3-4,6H,2,5H2,1H3. The fourth-order valence-electron chi connectivity index (χ4n) is 1.56. The number of halogens is 3. The van der Waals surface area contributed by atoms with Crippen LogP contribution >= 0.6 is 34.5 Å². The van der Waals surface area contributed by atoms with E-state index in [1.165, 1.54) is 0 Å². The Labute approximate surface area is 144 Å². The van der Waals surface area contributed by atoms with E-state index in [0.29, 0.717) is 5.69 Å². The summed E-state index contributed by atoms with van der Waals surface area (Å²) in [5.74, 6) is -2.14. The molecule has 1 heterocycles. The number of carbonyl (C=O) groups is 2. The second-order valence-corrected chi connectivity index (χ2v) is 5.86. The van der Waals surface area contributed by atoms with Crippen LogP contribution in [-0.4, -0.2) is 23.5 Å². The molecule has 0 atom stereocenters. The lowest BCUT2D eigenvalue weighted by atomic mass is 10.2. The average Bonchev–Trinajstić information content (AvgIpc) is 2.98. The third kappa shape index (κ3) is 4.40. The Morgan fingerprint density at radius 1 is 1.22 bits per heavy atom. The van der Waals surface area contributed by atoms with Gasteiger partial charge in [-0.3, -0.25) is 0 Å². The molecule has 0 saturated carbocycles. The molecule has 5 nitrogen and oxygen atoms in total. The van der Waals surface area contributed by atoms with Crippen molar-refractivity contribution in [3.63, 3.8) is 0 Å². The van der Waals surface area contributed by atoms with Crippen LogP contribution in [0.1, 0.15) is 32.8 Å². The van der Waals surface area contributed by atoms with E-state index in [2.05, 4.69) is 4.98 Å². The molecule has 1 aromatic heterocycles. The third-order valence-corrected chi connectivity index (χ3v) is 4.06. The van der Waals surface area contributed by atoms with Gasteiger partial charge in [0, 0.05) is 5.38 Å². The molecule has 23 heavy (non-hydrogen) atoms. The lowest BCUT2D eigenvalue weighted by molar-refractivity contribution is 0.0468. The van der Waals surface area contributed by atoms with E-state index >= 15 is 0 Å². The summed E-state index contributed by atoms with van der Waals surface area (Å²) >= 11 is 12.5. The Bertz CT molecular complexity index is 750. The van der Waals surface area contributed by atoms with Crippen LogP contribution in [0.2, 0.25) is 10.0 Å². The number of benzene rings is 1. The minimum Gasteiger partial charge on any atom is -0.461 e. The smallest absolute Gasteiger partial charge is 0.367 e. The molecule has 0 amide bonds. The van der Waals surface area contributed by atoms with E-state index in [9.17, 15) is 14.0 Å². The Hall–Kier alpha value is -1.70. The lowest BCUT2D eigenvalue weighted by Crippen LogP contribution is -2.08. The van der Waals surface area contributed by atoms with Gasteiger partial charge in [0.2, 0.25) is 5.01 Å². The Kier molecular flexibility index (Phi) is 5.92. The molecule has 2 rings (SSSR count). The molecule has 0 saturated heterocycles. The second kappa shape index (κ2) is 7.72. The molecule has 0 aliphatic carbocycles. The SMILES string of the molecule is CCOC(=O)c1nc(COC(=O)c2cc(F)c(Cl)cc2Cl)cs1. The van der Waals surface area contributed by atoms with Crippen LogP contribution in [0.15, 0.2) is 17.5 Å². The van der Waals surface area contributed by atoms with Gasteiger partial charge in [-0.25, -0.2) is 19.0 Å². The number of nitrogens with zero attached hydrogens (tertiary/aromatic N) is 1. The average molecular weight is 378 g/mol. The van der Waals surface area contributed by atoms with Crippen LogP contribution in [0.4, 0.5) is 4.39 Å². The van der Waals surface area contributed by atoms with Gasteiger partial charge in [0.15, 0.2) is 0 Å². The van der Waals surface area contributed by atoms with Crippen molar-refractivity contribution in [3.05, 3.63) is 49.6 Å². The molecule has 0 N–H and O–H groups in total. The molecule has 1 aromatic carbocycles. The van der Waals surface area contributed by atoms with Gasteiger partial charge in [0.25, 0.3) is 0 Å². The minimum atomic E-state index is -0.823. The van der Waals surface area contributed by atoms with Gasteiger partial charge in [-0.15, -0.1) is 11.3 Å². The zero-order chi connectivity index (χ0) is 17.0. The lowest BCUT2D eigenvalue weighted by Gasteiger charge is -2.06. The molecule has 9 heteroatoms. The first-order valence-corrected chi connectivity index (χ1v) is 7.99. The number of thiazole rings is 1. The van der Waals surface area contributed by atoms with Crippen LogP contribution in [0.3, 0.4) is 0 Å². The third-order valence-electron chi connectivity index (χ3n) is 2.58. The van der Waals surface area contributed by atoms with Crippen molar-refractivity contribution >= 4 is 46.5 Å². The number of ether oxygens (including phenoxy) is 2. The molecule has 0 fully saturated rings. The largest absolute Gasteiger partial charge is 0.461 e. The summed E-state index contributed by atoms with van der Waals surface area (Å²) in [6.45, 7) is 1.74. The maximum absolute atomic E-state index is 13.4. The molecule has 0 spiro atoms. The minimum absolute atomic E-state index is 0.0214. The quantitative estimate of drug-likeness (QED) is 0.578. The van der Waals surface area contributed by atoms with Crippen LogP contribution in [0.5, 0.6) is 0 Å². The molecule has 2 aromatic rings. The highest BCUT2D eigenvalue weighted by Gasteiger charge is 2.17. The van der Waals surface area contributed by atoms with Crippen LogP contribution in [0, 0.1) is 5.82 Å². The predicted molar refractivity (Wildman–Crippen MR) is 83.6 cm³/mol. The number of aromatic nitrogens is 1. The van der Waals surface area contributed by atoms with Gasteiger partial charge < -0.3 is 9.47 Å². The van der Waals surface area contributed by atoms with Crippen molar-refractivity contribution in [2.24, 2.45) is 0 Å². The first-order valence-electron chi connectivity index (χ1n) is 6.35. The summed E-state index contributed by atoms with van der Waals surface area (Å²) in [4.78, 5) is 27.4. The zero-order valence-electron chi connectivity index (χ0n) is 11.8. The van der Waals surface area contributed by atoms with Crippen LogP contribution < -0.4 is 0 Å². The monoisotopic (exact) mass is 377 g/mol. The first kappa shape index (κ1) is 17.7. The molecule has 0 aliphatic rings. The predicted octanol–water partition coefficient (Wildman–Crippen LogP) is 4.12. The van der Waals surface area contributed by atoms with Crippen molar-refractivity contribution in [3.8, 4) is 0 Å². The summed E-state index contributed by atoms with van der Waals surface area (Å²) in [6, 6.07) is 2.02. The van der Waals surface area contributed by atoms with Gasteiger partial charge in [0.05, 0.1) is 27.9 Å². The van der Waals surface area contributed by atoms with E-state index in [1.54, 1.807) is 12.3 Å². The number of carbonyl (C=O) groups excluding carboxylic acids is 2. The van der Waals surface area contributed by atoms with Crippen molar-refractivity contribution in [1.82, 2.24) is 4.98 Å². The normalized spacial score (nSPS) is 10.4. The van der Waals surface area contributed by atoms with E-state index in [4.69, 9.17) is 32.7 Å². The highest BCUT2D eigenvalue weighted by molar-refractivity contribution is 7.11. The second-order valence-electron chi connectivity index (χ2n) is 4.19. The van der Waals surface area contributed by atoms with Gasteiger partial charge in [-0.2, -0.15) is 0 Å².